The topological polar surface area (TPSA) is 6.48 Å². The van der Waals surface area contributed by atoms with Gasteiger partial charge in [0.2, 0.25) is 0 Å². The van der Waals surface area contributed by atoms with Crippen LogP contribution < -0.4 is 9.80 Å². The predicted molar refractivity (Wildman–Crippen MR) is 200 cm³/mol. The van der Waals surface area contributed by atoms with Crippen LogP contribution >= 0.6 is 0 Å². The summed E-state index contributed by atoms with van der Waals surface area (Å²) >= 11 is 0. The van der Waals surface area contributed by atoms with Crippen LogP contribution in [0.15, 0.2) is 146 Å². The number of nitrogens with zero attached hydrogens (tertiary/aromatic N) is 2. The van der Waals surface area contributed by atoms with Crippen LogP contribution in [0.3, 0.4) is 0 Å². The minimum Gasteiger partial charge on any atom is -0.361 e. The Balaban J connectivity index is 0.000000713. The van der Waals surface area contributed by atoms with Crippen LogP contribution in [0.2, 0.25) is 0 Å². The van der Waals surface area contributed by atoms with Crippen molar-refractivity contribution >= 4 is 22.6 Å². The molecule has 0 spiro atoms. The van der Waals surface area contributed by atoms with Crippen molar-refractivity contribution in [3.8, 4) is 11.1 Å². The fourth-order valence-electron chi connectivity index (χ4n) is 5.64. The summed E-state index contributed by atoms with van der Waals surface area (Å²) in [6.07, 6.45) is 20.5. The van der Waals surface area contributed by atoms with Crippen LogP contribution in [0.25, 0.3) is 16.7 Å². The Labute approximate surface area is 272 Å². The summed E-state index contributed by atoms with van der Waals surface area (Å²) < 4.78 is 0. The maximum absolute atomic E-state index is 2.55. The number of hydrogen-bond donors (Lipinski definition) is 0. The van der Waals surface area contributed by atoms with Gasteiger partial charge >= 0.3 is 0 Å². The fraction of sp³-hybridized carbons (Fsp3) is 0.256. The molecular weight excluding hydrogens is 544 g/mol. The first-order chi connectivity index (χ1) is 22.2. The zero-order valence-corrected chi connectivity index (χ0v) is 27.9. The van der Waals surface area contributed by atoms with Crippen LogP contribution in [-0.2, 0) is 6.42 Å². The van der Waals surface area contributed by atoms with E-state index in [-0.39, 0.29) is 0 Å². The maximum Gasteiger partial charge on any atom is 0.0520 e. The van der Waals surface area contributed by atoms with Gasteiger partial charge < -0.3 is 9.80 Å². The first kappa shape index (κ1) is 33.3. The van der Waals surface area contributed by atoms with Gasteiger partial charge in [0.05, 0.1) is 6.04 Å². The molecule has 0 saturated heterocycles. The normalized spacial score (nSPS) is 16.6. The van der Waals surface area contributed by atoms with Crippen molar-refractivity contribution < 1.29 is 0 Å². The van der Waals surface area contributed by atoms with E-state index in [1.807, 2.05) is 13.8 Å². The van der Waals surface area contributed by atoms with Crippen molar-refractivity contribution in [2.24, 2.45) is 0 Å². The number of fused-ring (bicyclic) bond motifs is 1. The summed E-state index contributed by atoms with van der Waals surface area (Å²) in [4.78, 5) is 4.85. The van der Waals surface area contributed by atoms with Crippen molar-refractivity contribution in [3.63, 3.8) is 0 Å². The van der Waals surface area contributed by atoms with Crippen molar-refractivity contribution in [1.82, 2.24) is 0 Å². The van der Waals surface area contributed by atoms with Gasteiger partial charge in [-0.25, -0.2) is 0 Å². The molecule has 0 N–H and O–H groups in total. The van der Waals surface area contributed by atoms with Crippen molar-refractivity contribution in [1.29, 1.82) is 0 Å². The van der Waals surface area contributed by atoms with Gasteiger partial charge in [-0.1, -0.05) is 162 Å². The molecule has 0 aromatic heterocycles. The van der Waals surface area contributed by atoms with Gasteiger partial charge in [-0.15, -0.1) is 0 Å². The summed E-state index contributed by atoms with van der Waals surface area (Å²) in [6, 6.07) is 37.3. The van der Waals surface area contributed by atoms with E-state index in [1.54, 1.807) is 0 Å². The molecule has 2 aliphatic rings. The molecule has 0 amide bonds. The fourth-order valence-corrected chi connectivity index (χ4v) is 5.64. The van der Waals surface area contributed by atoms with Crippen LogP contribution in [0, 0.1) is 0 Å². The molecule has 1 unspecified atom stereocenters. The number of allylic oxidation sites excluding steroid dienone is 5. The highest BCUT2D eigenvalue weighted by molar-refractivity contribution is 5.84. The molecule has 4 aromatic rings. The summed E-state index contributed by atoms with van der Waals surface area (Å²) in [5, 5.41) is 0. The Bertz CT molecular complexity index is 1590. The molecule has 1 heterocycles. The van der Waals surface area contributed by atoms with Crippen molar-refractivity contribution in [2.45, 2.75) is 59.4 Å². The summed E-state index contributed by atoms with van der Waals surface area (Å²) in [5.74, 6) is 0. The molecule has 0 saturated carbocycles. The number of hydrogen-bond acceptors (Lipinski definition) is 2. The molecule has 2 nitrogen and oxygen atoms in total. The lowest BCUT2D eigenvalue weighted by molar-refractivity contribution is 0.723. The van der Waals surface area contributed by atoms with Gasteiger partial charge in [-0.2, -0.15) is 0 Å². The van der Waals surface area contributed by atoms with Crippen LogP contribution in [-0.4, -0.2) is 19.6 Å². The number of anilines is 3. The van der Waals surface area contributed by atoms with E-state index < -0.39 is 0 Å². The van der Waals surface area contributed by atoms with E-state index >= 15 is 0 Å². The SMILES string of the molecule is CC.CCCC.CN(c1cccc(C2=CC(N3C/C=C\C=C/Cc4ccccc43)CC=C2)c1)c1ccccc1-c1ccccc1. The van der Waals surface area contributed by atoms with Gasteiger partial charge in [-0.05, 0) is 59.4 Å². The minimum absolute atomic E-state index is 0.300. The molecule has 45 heavy (non-hydrogen) atoms. The largest absolute Gasteiger partial charge is 0.361 e. The number of rotatable bonds is 6. The highest BCUT2D eigenvalue weighted by atomic mass is 15.2. The second-order valence-corrected chi connectivity index (χ2v) is 11.2. The molecule has 0 radical (unpaired) electrons. The molecule has 0 fully saturated rings. The molecule has 1 aliphatic carbocycles. The van der Waals surface area contributed by atoms with E-state index in [0.29, 0.717) is 6.04 Å². The van der Waals surface area contributed by atoms with Crippen LogP contribution in [0.5, 0.6) is 0 Å². The maximum atomic E-state index is 2.55. The molecule has 2 heteroatoms. The Morgan fingerprint density at radius 2 is 1.40 bits per heavy atom. The third-order valence-electron chi connectivity index (χ3n) is 8.19. The molecule has 4 aromatic carbocycles. The average molecular weight is 595 g/mol. The standard InChI is InChI=1S/C37H34N2.C4H10.C2H6/c1-38(37-25-11-9-23-35(37)29-15-6-4-7-16-29)33-21-13-19-31(27-33)32-20-14-22-34(28-32)39-26-12-3-2-5-17-30-18-8-10-24-36(30)39;1-3-4-2;1-2/h2-16,18-21,23-25,27-28,34H,17,22,26H2,1H3;3-4H2,1-2H3;1-2H3/b5-2-,12-3-;;. The zero-order chi connectivity index (χ0) is 31.9. The second kappa shape index (κ2) is 17.7. The van der Waals surface area contributed by atoms with Crippen LogP contribution in [0.4, 0.5) is 17.1 Å². The number of unbranched alkanes of at least 4 members (excludes halogenated alkanes) is 1. The Morgan fingerprint density at radius 3 is 2.20 bits per heavy atom. The highest BCUT2D eigenvalue weighted by Crippen LogP contribution is 2.36. The quantitative estimate of drug-likeness (QED) is 0.219. The van der Waals surface area contributed by atoms with Crippen molar-refractivity contribution in [2.75, 3.05) is 23.4 Å². The first-order valence-corrected chi connectivity index (χ1v) is 16.7. The number of benzene rings is 4. The highest BCUT2D eigenvalue weighted by Gasteiger charge is 2.21. The predicted octanol–water partition coefficient (Wildman–Crippen LogP) is 11.8. The third-order valence-corrected chi connectivity index (χ3v) is 8.19. The van der Waals surface area contributed by atoms with Gasteiger partial charge in [0, 0.05) is 36.2 Å². The summed E-state index contributed by atoms with van der Waals surface area (Å²) in [6.45, 7) is 9.25. The molecule has 232 valence electrons. The van der Waals surface area contributed by atoms with E-state index in [2.05, 4.69) is 176 Å². The van der Waals surface area contributed by atoms with Gasteiger partial charge in [0.1, 0.15) is 0 Å². The van der Waals surface area contributed by atoms with Gasteiger partial charge in [0.25, 0.3) is 0 Å². The smallest absolute Gasteiger partial charge is 0.0520 e. The molecular formula is C43H50N2. The zero-order valence-electron chi connectivity index (χ0n) is 27.9. The van der Waals surface area contributed by atoms with Crippen LogP contribution in [0.1, 0.15) is 58.1 Å². The molecule has 0 bridgehead atoms. The molecule has 1 atom stereocenters. The monoisotopic (exact) mass is 594 g/mol. The van der Waals surface area contributed by atoms with E-state index in [9.17, 15) is 0 Å². The van der Waals surface area contributed by atoms with Gasteiger partial charge in [-0.3, -0.25) is 0 Å². The average Bonchev–Trinajstić information content (AvgIpc) is 3.23. The van der Waals surface area contributed by atoms with Crippen molar-refractivity contribution in [3.05, 3.63) is 157 Å². The second-order valence-electron chi connectivity index (χ2n) is 11.2. The Kier molecular flexibility index (Phi) is 13.1. The Hall–Kier alpha value is -4.56. The first-order valence-electron chi connectivity index (χ1n) is 16.7. The molecule has 1 aliphatic heterocycles. The minimum atomic E-state index is 0.300. The summed E-state index contributed by atoms with van der Waals surface area (Å²) in [7, 11) is 2.16. The van der Waals surface area contributed by atoms with E-state index in [4.69, 9.17) is 0 Å². The summed E-state index contributed by atoms with van der Waals surface area (Å²) in [5.41, 5.74) is 10.1. The lowest BCUT2D eigenvalue weighted by Crippen LogP contribution is -2.35. The number of para-hydroxylation sites is 2. The van der Waals surface area contributed by atoms with Gasteiger partial charge in [0.15, 0.2) is 0 Å². The van der Waals surface area contributed by atoms with E-state index in [1.165, 1.54) is 57.7 Å². The molecule has 6 rings (SSSR count). The lowest BCUT2D eigenvalue weighted by atomic mass is 9.94. The Morgan fingerprint density at radius 1 is 0.711 bits per heavy atom. The third kappa shape index (κ3) is 8.76. The lowest BCUT2D eigenvalue weighted by Gasteiger charge is -2.34. The van der Waals surface area contributed by atoms with E-state index in [0.717, 1.165) is 19.4 Å².